The van der Waals surface area contributed by atoms with Gasteiger partial charge in [-0.1, -0.05) is 18.9 Å². The first-order valence-electron chi connectivity index (χ1n) is 13.4. The van der Waals surface area contributed by atoms with Crippen LogP contribution in [0, 0.1) is 0 Å². The van der Waals surface area contributed by atoms with E-state index in [0.29, 0.717) is 13.0 Å². The van der Waals surface area contributed by atoms with Gasteiger partial charge >= 0.3 is 5.97 Å². The molecule has 2 aromatic carbocycles. The van der Waals surface area contributed by atoms with Crippen molar-refractivity contribution < 1.29 is 19.0 Å². The number of fused-ring (bicyclic) bond motifs is 5. The summed E-state index contributed by atoms with van der Waals surface area (Å²) in [5.41, 5.74) is 6.52. The summed E-state index contributed by atoms with van der Waals surface area (Å²) in [5, 5.41) is 10.7. The third-order valence-electron chi connectivity index (χ3n) is 8.16. The summed E-state index contributed by atoms with van der Waals surface area (Å²) in [7, 11) is 1.67. The van der Waals surface area contributed by atoms with Crippen LogP contribution in [0.3, 0.4) is 0 Å². The number of aromatic carboxylic acids is 1. The Morgan fingerprint density at radius 1 is 1.08 bits per heavy atom. The van der Waals surface area contributed by atoms with Gasteiger partial charge in [-0.25, -0.2) is 9.18 Å². The number of nitrogens with zero attached hydrogens (tertiary/aromatic N) is 3. The molecule has 0 spiro atoms. The van der Waals surface area contributed by atoms with E-state index in [0.717, 1.165) is 77.9 Å². The van der Waals surface area contributed by atoms with Gasteiger partial charge in [0.1, 0.15) is 11.9 Å². The molecule has 38 heavy (non-hydrogen) atoms. The molecule has 196 valence electrons. The van der Waals surface area contributed by atoms with Crippen molar-refractivity contribution >= 4 is 16.9 Å². The van der Waals surface area contributed by atoms with Crippen molar-refractivity contribution in [2.75, 3.05) is 13.7 Å². The molecule has 0 saturated heterocycles. The van der Waals surface area contributed by atoms with Gasteiger partial charge in [-0.05, 0) is 72.0 Å². The maximum atomic E-state index is 15.6. The third kappa shape index (κ3) is 4.45. The molecular weight excluding hydrogens is 481 g/mol. The lowest BCUT2D eigenvalue weighted by Crippen LogP contribution is -2.29. The smallest absolute Gasteiger partial charge is 0.335 e. The minimum absolute atomic E-state index is 0.208. The van der Waals surface area contributed by atoms with Crippen molar-refractivity contribution in [1.29, 1.82) is 0 Å². The summed E-state index contributed by atoms with van der Waals surface area (Å²) in [5.74, 6) is -0.382. The maximum Gasteiger partial charge on any atom is 0.335 e. The van der Waals surface area contributed by atoms with E-state index in [2.05, 4.69) is 26.6 Å². The minimum atomic E-state index is -0.958. The van der Waals surface area contributed by atoms with Crippen molar-refractivity contribution in [3.05, 3.63) is 83.2 Å². The van der Waals surface area contributed by atoms with Gasteiger partial charge < -0.3 is 14.4 Å². The van der Waals surface area contributed by atoms with Crippen LogP contribution < -0.4 is 4.74 Å². The summed E-state index contributed by atoms with van der Waals surface area (Å²) in [6, 6.07) is 15.5. The molecule has 0 unspecified atom stereocenters. The van der Waals surface area contributed by atoms with Gasteiger partial charge in [0.05, 0.1) is 18.4 Å². The fraction of sp³-hybridized carbons (Fsp3) is 0.355. The molecule has 0 bridgehead atoms. The summed E-state index contributed by atoms with van der Waals surface area (Å²) >= 11 is 0. The molecule has 2 atom stereocenters. The number of alkyl halides is 1. The molecule has 7 heteroatoms. The average molecular weight is 514 g/mol. The predicted octanol–water partition coefficient (Wildman–Crippen LogP) is 6.42. The number of aromatic nitrogens is 2. The predicted molar refractivity (Wildman–Crippen MR) is 145 cm³/mol. The average Bonchev–Trinajstić information content (AvgIpc) is 3.24. The second kappa shape index (κ2) is 10.2. The van der Waals surface area contributed by atoms with Crippen molar-refractivity contribution in [3.8, 4) is 17.0 Å². The number of ether oxygens (including phenoxy) is 1. The molecule has 2 aromatic heterocycles. The van der Waals surface area contributed by atoms with Crippen LogP contribution in [-0.2, 0) is 19.6 Å². The van der Waals surface area contributed by atoms with Gasteiger partial charge in [0.15, 0.2) is 0 Å². The Morgan fingerprint density at radius 3 is 2.66 bits per heavy atom. The Labute approximate surface area is 221 Å². The number of carbonyl (C=O) groups is 1. The van der Waals surface area contributed by atoms with Crippen LogP contribution in [0.5, 0.6) is 5.75 Å². The first-order valence-corrected chi connectivity index (χ1v) is 13.4. The van der Waals surface area contributed by atoms with Crippen LogP contribution in [0.1, 0.15) is 58.6 Å². The van der Waals surface area contributed by atoms with Gasteiger partial charge in [0, 0.05) is 61.0 Å². The van der Waals surface area contributed by atoms with Crippen LogP contribution >= 0.6 is 0 Å². The highest BCUT2D eigenvalue weighted by Gasteiger charge is 2.34. The van der Waals surface area contributed by atoms with E-state index in [-0.39, 0.29) is 11.5 Å². The topological polar surface area (TPSA) is 67.6 Å². The summed E-state index contributed by atoms with van der Waals surface area (Å²) in [6.07, 6.45) is 5.99. The second-order valence-electron chi connectivity index (χ2n) is 10.4. The first-order chi connectivity index (χ1) is 18.5. The molecule has 4 aromatic rings. The molecule has 1 fully saturated rings. The molecule has 0 amide bonds. The standard InChI is InChI=1S/C31H32FN3O3/c1-38-23-7-9-24-22(16-23)19-34(18-20-10-12-33-13-11-20)14-15-35-28-17-21(31(36)37)6-8-26(28)29(30(24)35)25-4-2-3-5-27(25)32/h6-13,16-17,25,27H,2-5,14-15,18-19H2,1H3,(H,36,37)/t25-,27-/m0/s1. The molecular formula is C31H32FN3O3. The van der Waals surface area contributed by atoms with Crippen molar-refractivity contribution in [2.45, 2.75) is 57.4 Å². The second-order valence-corrected chi connectivity index (χ2v) is 10.4. The zero-order valence-corrected chi connectivity index (χ0v) is 21.6. The van der Waals surface area contributed by atoms with E-state index in [9.17, 15) is 9.90 Å². The fourth-order valence-corrected chi connectivity index (χ4v) is 6.32. The maximum absolute atomic E-state index is 15.6. The Hall–Kier alpha value is -3.71. The number of methoxy groups -OCH3 is 1. The molecule has 1 aliphatic carbocycles. The van der Waals surface area contributed by atoms with Crippen molar-refractivity contribution in [1.82, 2.24) is 14.5 Å². The number of rotatable bonds is 5. The number of hydrogen-bond donors (Lipinski definition) is 1. The Kier molecular flexibility index (Phi) is 6.62. The number of benzene rings is 2. The number of pyridine rings is 1. The number of carboxylic acid groups (broad SMARTS) is 1. The van der Waals surface area contributed by atoms with Gasteiger partial charge in [0.2, 0.25) is 0 Å². The van der Waals surface area contributed by atoms with E-state index in [1.807, 2.05) is 36.7 Å². The number of halogens is 1. The zero-order valence-electron chi connectivity index (χ0n) is 21.6. The highest BCUT2D eigenvalue weighted by molar-refractivity contribution is 5.98. The van der Waals surface area contributed by atoms with Crippen LogP contribution in [-0.4, -0.2) is 45.4 Å². The number of hydrogen-bond acceptors (Lipinski definition) is 4. The molecule has 0 radical (unpaired) electrons. The van der Waals surface area contributed by atoms with Crippen LogP contribution in [0.25, 0.3) is 22.2 Å². The van der Waals surface area contributed by atoms with Gasteiger partial charge in [-0.3, -0.25) is 9.88 Å². The first kappa shape index (κ1) is 24.6. The highest BCUT2D eigenvalue weighted by atomic mass is 19.1. The molecule has 6 rings (SSSR count). The Bertz CT molecular complexity index is 1480. The van der Waals surface area contributed by atoms with Crippen LogP contribution in [0.15, 0.2) is 60.9 Å². The molecule has 1 aliphatic heterocycles. The van der Waals surface area contributed by atoms with E-state index in [1.165, 1.54) is 5.56 Å². The lowest BCUT2D eigenvalue weighted by Gasteiger charge is -2.31. The summed E-state index contributed by atoms with van der Waals surface area (Å²) in [4.78, 5) is 18.5. The monoisotopic (exact) mass is 513 g/mol. The van der Waals surface area contributed by atoms with E-state index in [1.54, 1.807) is 19.2 Å². The summed E-state index contributed by atoms with van der Waals surface area (Å²) in [6.45, 7) is 2.92. The molecule has 1 saturated carbocycles. The molecule has 1 N–H and O–H groups in total. The Morgan fingerprint density at radius 2 is 1.89 bits per heavy atom. The van der Waals surface area contributed by atoms with E-state index in [4.69, 9.17) is 4.74 Å². The fourth-order valence-electron chi connectivity index (χ4n) is 6.32. The zero-order chi connectivity index (χ0) is 26.2. The largest absolute Gasteiger partial charge is 0.497 e. The lowest BCUT2D eigenvalue weighted by atomic mass is 9.80. The van der Waals surface area contributed by atoms with Gasteiger partial charge in [0.25, 0.3) is 0 Å². The normalized spacial score (nSPS) is 19.8. The van der Waals surface area contributed by atoms with E-state index < -0.39 is 12.1 Å². The molecule has 3 heterocycles. The van der Waals surface area contributed by atoms with Crippen molar-refractivity contribution in [2.24, 2.45) is 0 Å². The SMILES string of the molecule is COc1ccc2c(c1)CN(Cc1ccncc1)CCn1c-2c([C@H]2CCCC[C@@H]2F)c2ccc(C(=O)O)cc21. The van der Waals surface area contributed by atoms with E-state index >= 15 is 4.39 Å². The quantitative estimate of drug-likeness (QED) is 0.334. The van der Waals surface area contributed by atoms with Crippen LogP contribution in [0.2, 0.25) is 0 Å². The lowest BCUT2D eigenvalue weighted by molar-refractivity contribution is 0.0697. The van der Waals surface area contributed by atoms with Gasteiger partial charge in [-0.2, -0.15) is 0 Å². The van der Waals surface area contributed by atoms with Crippen molar-refractivity contribution in [3.63, 3.8) is 0 Å². The molecule has 6 nitrogen and oxygen atoms in total. The van der Waals surface area contributed by atoms with Crippen LogP contribution in [0.4, 0.5) is 4.39 Å². The number of carboxylic acids is 1. The Balaban J connectivity index is 1.57. The molecule has 2 aliphatic rings. The third-order valence-corrected chi connectivity index (χ3v) is 8.16. The minimum Gasteiger partial charge on any atom is -0.497 e. The van der Waals surface area contributed by atoms with Gasteiger partial charge in [-0.15, -0.1) is 0 Å². The summed E-state index contributed by atoms with van der Waals surface area (Å²) < 4.78 is 23.4. The highest BCUT2D eigenvalue weighted by Crippen LogP contribution is 2.47.